The molecular formula is C16H16ClNO4S. The third-order valence-electron chi connectivity index (χ3n) is 3.02. The van der Waals surface area contributed by atoms with Crippen LogP contribution in [0.25, 0.3) is 6.08 Å². The fourth-order valence-electron chi connectivity index (χ4n) is 2.05. The molecule has 0 aromatic heterocycles. The van der Waals surface area contributed by atoms with Crippen molar-refractivity contribution in [3.05, 3.63) is 40.3 Å². The summed E-state index contributed by atoms with van der Waals surface area (Å²) in [6.07, 6.45) is 3.12. The first-order valence-electron chi connectivity index (χ1n) is 6.88. The fraction of sp³-hybridized carbons (Fsp3) is 0.250. The minimum atomic E-state index is -0.344. The molecule has 0 saturated carbocycles. The minimum absolute atomic E-state index is 0.190. The molecule has 0 aliphatic carbocycles. The highest BCUT2D eigenvalue weighted by Crippen LogP contribution is 2.38. The van der Waals surface area contributed by atoms with Gasteiger partial charge in [0, 0.05) is 6.54 Å². The molecule has 7 heteroatoms. The lowest BCUT2D eigenvalue weighted by Gasteiger charge is -2.12. The van der Waals surface area contributed by atoms with Crippen LogP contribution in [-0.2, 0) is 4.79 Å². The molecule has 1 saturated heterocycles. The van der Waals surface area contributed by atoms with Crippen molar-refractivity contribution >= 4 is 40.6 Å². The zero-order chi connectivity index (χ0) is 17.0. The number of carbonyl (C=O) groups excluding carboxylic acids is 2. The monoisotopic (exact) mass is 353 g/mol. The van der Waals surface area contributed by atoms with E-state index in [1.54, 1.807) is 18.2 Å². The first-order valence-corrected chi connectivity index (χ1v) is 8.07. The van der Waals surface area contributed by atoms with Gasteiger partial charge >= 0.3 is 0 Å². The van der Waals surface area contributed by atoms with Crippen LogP contribution in [0.5, 0.6) is 11.5 Å². The van der Waals surface area contributed by atoms with E-state index >= 15 is 0 Å². The minimum Gasteiger partial charge on any atom is -0.493 e. The summed E-state index contributed by atoms with van der Waals surface area (Å²) in [5, 5.41) is 0.0629. The Morgan fingerprint density at radius 3 is 2.74 bits per heavy atom. The molecule has 0 radical (unpaired) electrons. The highest BCUT2D eigenvalue weighted by atomic mass is 35.5. The molecule has 1 fully saturated rings. The first-order chi connectivity index (χ1) is 11.0. The maximum Gasteiger partial charge on any atom is 0.293 e. The number of methoxy groups -OCH3 is 1. The summed E-state index contributed by atoms with van der Waals surface area (Å²) in [4.78, 5) is 25.5. The SMILES string of the molecule is C=CCN1C(=O)SC(=Cc2cc(Cl)c(OCC)c(OC)c2)C1=O. The van der Waals surface area contributed by atoms with Crippen LogP contribution in [0, 0.1) is 0 Å². The van der Waals surface area contributed by atoms with Crippen molar-refractivity contribution in [1.29, 1.82) is 0 Å². The van der Waals surface area contributed by atoms with Gasteiger partial charge in [0.15, 0.2) is 11.5 Å². The molecule has 2 amide bonds. The fourth-order valence-corrected chi connectivity index (χ4v) is 3.17. The van der Waals surface area contributed by atoms with Crippen LogP contribution in [0.15, 0.2) is 29.7 Å². The zero-order valence-corrected chi connectivity index (χ0v) is 14.4. The molecule has 0 spiro atoms. The lowest BCUT2D eigenvalue weighted by atomic mass is 10.1. The van der Waals surface area contributed by atoms with Gasteiger partial charge in [-0.1, -0.05) is 17.7 Å². The van der Waals surface area contributed by atoms with Crippen LogP contribution in [0.3, 0.4) is 0 Å². The second-order valence-corrected chi connectivity index (χ2v) is 5.95. The van der Waals surface area contributed by atoms with Gasteiger partial charge in [0.25, 0.3) is 11.1 Å². The normalized spacial score (nSPS) is 16.1. The summed E-state index contributed by atoms with van der Waals surface area (Å²) in [7, 11) is 1.51. The molecule has 122 valence electrons. The van der Waals surface area contributed by atoms with E-state index < -0.39 is 0 Å². The van der Waals surface area contributed by atoms with Crippen molar-refractivity contribution in [3.8, 4) is 11.5 Å². The van der Waals surface area contributed by atoms with Gasteiger partial charge in [-0.25, -0.2) is 0 Å². The van der Waals surface area contributed by atoms with Crippen LogP contribution < -0.4 is 9.47 Å². The largest absolute Gasteiger partial charge is 0.493 e. The molecule has 5 nitrogen and oxygen atoms in total. The highest BCUT2D eigenvalue weighted by Gasteiger charge is 2.34. The van der Waals surface area contributed by atoms with E-state index in [2.05, 4.69) is 6.58 Å². The number of benzene rings is 1. The Morgan fingerprint density at radius 1 is 1.39 bits per heavy atom. The number of amides is 2. The van der Waals surface area contributed by atoms with Gasteiger partial charge in [-0.15, -0.1) is 6.58 Å². The van der Waals surface area contributed by atoms with Gasteiger partial charge in [0.1, 0.15) is 0 Å². The van der Waals surface area contributed by atoms with Gasteiger partial charge < -0.3 is 9.47 Å². The maximum atomic E-state index is 12.2. The highest BCUT2D eigenvalue weighted by molar-refractivity contribution is 8.18. The van der Waals surface area contributed by atoms with Gasteiger partial charge in [0.05, 0.1) is 23.6 Å². The number of hydrogen-bond donors (Lipinski definition) is 0. The number of hydrogen-bond acceptors (Lipinski definition) is 5. The number of halogens is 1. The van der Waals surface area contributed by atoms with E-state index in [1.807, 2.05) is 6.92 Å². The lowest BCUT2D eigenvalue weighted by Crippen LogP contribution is -2.27. The maximum absolute atomic E-state index is 12.2. The van der Waals surface area contributed by atoms with Crippen LogP contribution in [0.4, 0.5) is 4.79 Å². The average molecular weight is 354 g/mol. The van der Waals surface area contributed by atoms with E-state index in [1.165, 1.54) is 13.2 Å². The molecule has 1 aliphatic heterocycles. The first kappa shape index (κ1) is 17.4. The third kappa shape index (κ3) is 3.71. The third-order valence-corrected chi connectivity index (χ3v) is 4.21. The number of rotatable bonds is 6. The molecule has 0 bridgehead atoms. The summed E-state index contributed by atoms with van der Waals surface area (Å²) in [5.74, 6) is 0.577. The standard InChI is InChI=1S/C16H16ClNO4S/c1-4-6-18-15(19)13(23-16(18)20)9-10-7-11(17)14(22-5-2)12(8-10)21-3/h4,7-9H,1,5-6H2,2-3H3. The molecule has 23 heavy (non-hydrogen) atoms. The number of thioether (sulfide) groups is 1. The molecule has 0 unspecified atom stereocenters. The quantitative estimate of drug-likeness (QED) is 0.572. The van der Waals surface area contributed by atoms with Crippen molar-refractivity contribution in [1.82, 2.24) is 4.90 Å². The summed E-state index contributed by atoms with van der Waals surface area (Å²) < 4.78 is 10.7. The summed E-state index contributed by atoms with van der Waals surface area (Å²) in [6, 6.07) is 3.37. The molecular weight excluding hydrogens is 338 g/mol. The molecule has 1 heterocycles. The number of ether oxygens (including phenoxy) is 2. The predicted molar refractivity (Wildman–Crippen MR) is 92.0 cm³/mol. The van der Waals surface area contributed by atoms with Crippen molar-refractivity contribution in [3.63, 3.8) is 0 Å². The number of nitrogens with zero attached hydrogens (tertiary/aromatic N) is 1. The Bertz CT molecular complexity index is 687. The van der Waals surface area contributed by atoms with Crippen LogP contribution >= 0.6 is 23.4 Å². The van der Waals surface area contributed by atoms with Crippen LogP contribution in [-0.4, -0.2) is 36.3 Å². The van der Waals surface area contributed by atoms with Gasteiger partial charge in [-0.3, -0.25) is 14.5 Å². The Morgan fingerprint density at radius 2 is 2.13 bits per heavy atom. The second-order valence-electron chi connectivity index (χ2n) is 4.55. The number of imide groups is 1. The van der Waals surface area contributed by atoms with E-state index in [0.717, 1.165) is 16.7 Å². The molecule has 0 atom stereocenters. The van der Waals surface area contributed by atoms with Crippen LogP contribution in [0.1, 0.15) is 12.5 Å². The van der Waals surface area contributed by atoms with Crippen molar-refractivity contribution in [2.45, 2.75) is 6.92 Å². The molecule has 1 aromatic rings. The molecule has 1 aliphatic rings. The summed E-state index contributed by atoms with van der Waals surface area (Å²) in [5.41, 5.74) is 0.652. The van der Waals surface area contributed by atoms with Crippen molar-refractivity contribution in [2.75, 3.05) is 20.3 Å². The molecule has 2 rings (SSSR count). The Balaban J connectivity index is 2.36. The van der Waals surface area contributed by atoms with Crippen molar-refractivity contribution in [2.24, 2.45) is 0 Å². The summed E-state index contributed by atoms with van der Waals surface area (Å²) >= 11 is 7.09. The van der Waals surface area contributed by atoms with Crippen LogP contribution in [0.2, 0.25) is 5.02 Å². The number of carbonyl (C=O) groups is 2. The van der Waals surface area contributed by atoms with E-state index in [9.17, 15) is 9.59 Å². The Labute approximate surface area is 143 Å². The molecule has 1 aromatic carbocycles. The van der Waals surface area contributed by atoms with E-state index in [0.29, 0.717) is 33.6 Å². The van der Waals surface area contributed by atoms with Gasteiger partial charge in [-0.05, 0) is 42.5 Å². The zero-order valence-electron chi connectivity index (χ0n) is 12.8. The van der Waals surface area contributed by atoms with Gasteiger partial charge in [0.2, 0.25) is 0 Å². The Kier molecular flexibility index (Phi) is 5.74. The smallest absolute Gasteiger partial charge is 0.293 e. The predicted octanol–water partition coefficient (Wildman–Crippen LogP) is 3.97. The Hall–Kier alpha value is -1.92. The summed E-state index contributed by atoms with van der Waals surface area (Å²) in [6.45, 7) is 6.03. The van der Waals surface area contributed by atoms with Crippen molar-refractivity contribution < 1.29 is 19.1 Å². The molecule has 0 N–H and O–H groups in total. The average Bonchev–Trinajstić information content (AvgIpc) is 2.77. The van der Waals surface area contributed by atoms with E-state index in [-0.39, 0.29) is 17.7 Å². The topological polar surface area (TPSA) is 55.8 Å². The second kappa shape index (κ2) is 7.57. The van der Waals surface area contributed by atoms with E-state index in [4.69, 9.17) is 21.1 Å². The van der Waals surface area contributed by atoms with Gasteiger partial charge in [-0.2, -0.15) is 0 Å². The lowest BCUT2D eigenvalue weighted by molar-refractivity contribution is -0.122.